The Morgan fingerprint density at radius 2 is 1.86 bits per heavy atom. The zero-order chi connectivity index (χ0) is 15.4. The van der Waals surface area contributed by atoms with Crippen LogP contribution in [0.5, 0.6) is 17.2 Å². The fourth-order valence-electron chi connectivity index (χ4n) is 2.10. The molecule has 1 aromatic heterocycles. The molecule has 0 radical (unpaired) electrons. The number of benzene rings is 1. The molecule has 0 aliphatic carbocycles. The van der Waals surface area contributed by atoms with Crippen LogP contribution in [0.1, 0.15) is 18.2 Å². The van der Waals surface area contributed by atoms with Crippen LogP contribution in [0.25, 0.3) is 0 Å². The van der Waals surface area contributed by atoms with Crippen LogP contribution >= 0.6 is 0 Å². The summed E-state index contributed by atoms with van der Waals surface area (Å²) in [6, 6.07) is 3.56. The van der Waals surface area contributed by atoms with Crippen LogP contribution in [0.15, 0.2) is 18.3 Å². The molecule has 0 saturated heterocycles. The summed E-state index contributed by atoms with van der Waals surface area (Å²) in [7, 11) is 3.03. The number of ether oxygens (including phenoxy) is 2. The molecule has 0 amide bonds. The molecular formula is C15H21N3O3. The fourth-order valence-corrected chi connectivity index (χ4v) is 2.10. The quantitative estimate of drug-likeness (QED) is 0.856. The smallest absolute Gasteiger partial charge is 0.200 e. The average Bonchev–Trinajstić information content (AvgIpc) is 2.86. The van der Waals surface area contributed by atoms with E-state index < -0.39 is 0 Å². The Balaban J connectivity index is 2.17. The maximum Gasteiger partial charge on any atom is 0.200 e. The molecule has 0 spiro atoms. The highest BCUT2D eigenvalue weighted by atomic mass is 16.5. The second-order valence-corrected chi connectivity index (χ2v) is 4.69. The first-order valence-corrected chi connectivity index (χ1v) is 6.80. The summed E-state index contributed by atoms with van der Waals surface area (Å²) in [5.41, 5.74) is 2.89. The van der Waals surface area contributed by atoms with E-state index in [1.165, 1.54) is 14.2 Å². The maximum atomic E-state index is 9.89. The number of phenolic OH excluding ortho intramolecular Hbond substituents is 1. The van der Waals surface area contributed by atoms with Crippen LogP contribution in [0.2, 0.25) is 0 Å². The molecule has 2 N–H and O–H groups in total. The lowest BCUT2D eigenvalue weighted by atomic mass is 10.1. The van der Waals surface area contributed by atoms with Gasteiger partial charge in [-0.25, -0.2) is 0 Å². The van der Waals surface area contributed by atoms with Gasteiger partial charge in [0.1, 0.15) is 0 Å². The first-order valence-electron chi connectivity index (χ1n) is 6.80. The Labute approximate surface area is 124 Å². The fraction of sp³-hybridized carbons (Fsp3) is 0.400. The number of anilines is 1. The van der Waals surface area contributed by atoms with E-state index in [0.717, 1.165) is 23.5 Å². The molecule has 0 fully saturated rings. The van der Waals surface area contributed by atoms with Crippen molar-refractivity contribution < 1.29 is 14.6 Å². The Kier molecular flexibility index (Phi) is 4.57. The average molecular weight is 291 g/mol. The molecule has 6 nitrogen and oxygen atoms in total. The molecule has 21 heavy (non-hydrogen) atoms. The minimum Gasteiger partial charge on any atom is -0.502 e. The predicted octanol–water partition coefficient (Wildman–Crippen LogP) is 2.55. The monoisotopic (exact) mass is 291 g/mol. The molecule has 0 atom stereocenters. The highest BCUT2D eigenvalue weighted by Gasteiger charge is 2.11. The van der Waals surface area contributed by atoms with Gasteiger partial charge in [0.2, 0.25) is 5.75 Å². The van der Waals surface area contributed by atoms with Gasteiger partial charge in [0.25, 0.3) is 0 Å². The molecule has 0 bridgehead atoms. The van der Waals surface area contributed by atoms with Gasteiger partial charge in [-0.15, -0.1) is 0 Å². The summed E-state index contributed by atoms with van der Waals surface area (Å²) in [4.78, 5) is 0. The molecule has 114 valence electrons. The van der Waals surface area contributed by atoms with E-state index in [1.54, 1.807) is 12.1 Å². The second kappa shape index (κ2) is 6.39. The summed E-state index contributed by atoms with van der Waals surface area (Å²) in [6.45, 7) is 5.44. The number of aryl methyl sites for hydroxylation is 2. The molecular weight excluding hydrogens is 270 g/mol. The lowest BCUT2D eigenvalue weighted by Crippen LogP contribution is -2.01. The van der Waals surface area contributed by atoms with E-state index in [4.69, 9.17) is 9.47 Å². The standard InChI is InChI=1S/C15H21N3O3/c1-5-18-9-12(10(2)17-18)16-8-11-6-13(20-3)15(19)14(7-11)21-4/h6-7,9,16,19H,5,8H2,1-4H3. The molecule has 0 aliphatic rings. The third-order valence-electron chi connectivity index (χ3n) is 3.29. The van der Waals surface area contributed by atoms with Gasteiger partial charge in [-0.1, -0.05) is 0 Å². The molecule has 0 saturated carbocycles. The van der Waals surface area contributed by atoms with Crippen LogP contribution in [0.3, 0.4) is 0 Å². The van der Waals surface area contributed by atoms with Gasteiger partial charge >= 0.3 is 0 Å². The van der Waals surface area contributed by atoms with Gasteiger partial charge in [-0.2, -0.15) is 5.10 Å². The molecule has 6 heteroatoms. The van der Waals surface area contributed by atoms with Gasteiger partial charge in [0, 0.05) is 19.3 Å². The van der Waals surface area contributed by atoms with Gasteiger partial charge in [0.05, 0.1) is 25.6 Å². The van der Waals surface area contributed by atoms with Crippen molar-refractivity contribution >= 4 is 5.69 Å². The summed E-state index contributed by atoms with van der Waals surface area (Å²) >= 11 is 0. The third kappa shape index (κ3) is 3.21. The van der Waals surface area contributed by atoms with Crippen molar-refractivity contribution in [2.75, 3.05) is 19.5 Å². The summed E-state index contributed by atoms with van der Waals surface area (Å²) in [6.07, 6.45) is 1.98. The normalized spacial score (nSPS) is 10.5. The minimum absolute atomic E-state index is 0.0127. The maximum absolute atomic E-state index is 9.89. The van der Waals surface area contributed by atoms with Gasteiger partial charge in [-0.05, 0) is 31.5 Å². The zero-order valence-electron chi connectivity index (χ0n) is 12.8. The molecule has 1 aromatic carbocycles. The van der Waals surface area contributed by atoms with E-state index in [-0.39, 0.29) is 5.75 Å². The van der Waals surface area contributed by atoms with Gasteiger partial charge in [-0.3, -0.25) is 4.68 Å². The number of phenols is 1. The number of nitrogens with zero attached hydrogens (tertiary/aromatic N) is 2. The van der Waals surface area contributed by atoms with Crippen molar-refractivity contribution in [3.8, 4) is 17.2 Å². The second-order valence-electron chi connectivity index (χ2n) is 4.69. The van der Waals surface area contributed by atoms with Crippen LogP contribution in [-0.4, -0.2) is 29.1 Å². The number of rotatable bonds is 6. The van der Waals surface area contributed by atoms with Crippen molar-refractivity contribution in [1.82, 2.24) is 9.78 Å². The summed E-state index contributed by atoms with van der Waals surface area (Å²) in [5.74, 6) is 0.804. The molecule has 2 rings (SSSR count). The number of hydrogen-bond donors (Lipinski definition) is 2. The number of aromatic hydroxyl groups is 1. The van der Waals surface area contributed by atoms with Crippen LogP contribution in [-0.2, 0) is 13.1 Å². The van der Waals surface area contributed by atoms with Crippen molar-refractivity contribution in [3.05, 3.63) is 29.6 Å². The van der Waals surface area contributed by atoms with Gasteiger partial charge in [0.15, 0.2) is 11.5 Å². The van der Waals surface area contributed by atoms with E-state index in [1.807, 2.05) is 24.7 Å². The minimum atomic E-state index is 0.0127. The van der Waals surface area contributed by atoms with E-state index in [0.29, 0.717) is 18.0 Å². The van der Waals surface area contributed by atoms with Crippen molar-refractivity contribution in [1.29, 1.82) is 0 Å². The molecule has 0 aliphatic heterocycles. The molecule has 1 heterocycles. The Hall–Kier alpha value is -2.37. The lowest BCUT2D eigenvalue weighted by Gasteiger charge is -2.12. The van der Waals surface area contributed by atoms with Crippen LogP contribution < -0.4 is 14.8 Å². The summed E-state index contributed by atoms with van der Waals surface area (Å²) < 4.78 is 12.2. The van der Waals surface area contributed by atoms with E-state index >= 15 is 0 Å². The Bertz CT molecular complexity index is 598. The third-order valence-corrected chi connectivity index (χ3v) is 3.29. The number of aromatic nitrogens is 2. The van der Waals surface area contributed by atoms with Crippen LogP contribution in [0, 0.1) is 6.92 Å². The number of hydrogen-bond acceptors (Lipinski definition) is 5. The first kappa shape index (κ1) is 15.0. The number of nitrogens with one attached hydrogen (secondary N) is 1. The van der Waals surface area contributed by atoms with Crippen molar-refractivity contribution in [3.63, 3.8) is 0 Å². The lowest BCUT2D eigenvalue weighted by molar-refractivity contribution is 0.339. The zero-order valence-corrected chi connectivity index (χ0v) is 12.8. The number of methoxy groups -OCH3 is 2. The van der Waals surface area contributed by atoms with E-state index in [2.05, 4.69) is 10.4 Å². The SMILES string of the molecule is CCn1cc(NCc2cc(OC)c(O)c(OC)c2)c(C)n1. The topological polar surface area (TPSA) is 68.5 Å². The largest absolute Gasteiger partial charge is 0.502 e. The molecule has 0 unspecified atom stereocenters. The highest BCUT2D eigenvalue weighted by molar-refractivity contribution is 5.54. The van der Waals surface area contributed by atoms with Gasteiger partial charge < -0.3 is 19.9 Å². The van der Waals surface area contributed by atoms with Crippen molar-refractivity contribution in [2.45, 2.75) is 26.9 Å². The Morgan fingerprint density at radius 1 is 1.24 bits per heavy atom. The Morgan fingerprint density at radius 3 is 2.33 bits per heavy atom. The van der Waals surface area contributed by atoms with E-state index in [9.17, 15) is 5.11 Å². The molecule has 2 aromatic rings. The van der Waals surface area contributed by atoms with Crippen molar-refractivity contribution in [2.24, 2.45) is 0 Å². The van der Waals surface area contributed by atoms with Crippen LogP contribution in [0.4, 0.5) is 5.69 Å². The highest BCUT2D eigenvalue weighted by Crippen LogP contribution is 2.37. The summed E-state index contributed by atoms with van der Waals surface area (Å²) in [5, 5.41) is 17.6. The predicted molar refractivity (Wildman–Crippen MR) is 81.2 cm³/mol. The first-order chi connectivity index (χ1) is 10.1.